The average molecular weight is 302 g/mol. The van der Waals surface area contributed by atoms with Crippen LogP contribution in [0.15, 0.2) is 54.6 Å². The molecule has 0 aliphatic heterocycles. The Bertz CT molecular complexity index is 699. The number of hydrogen-bond acceptors (Lipinski definition) is 3. The zero-order chi connectivity index (χ0) is 16.1. The minimum absolute atomic E-state index is 0.0244. The van der Waals surface area contributed by atoms with E-state index in [1.807, 2.05) is 0 Å². The Labute approximate surface area is 126 Å². The van der Waals surface area contributed by atoms with Gasteiger partial charge in [-0.15, -0.1) is 0 Å². The summed E-state index contributed by atoms with van der Waals surface area (Å²) in [4.78, 5) is 10.7. The highest BCUT2D eigenvalue weighted by molar-refractivity contribution is 5.80. The number of nitrogens with two attached hydrogens (primary N) is 1. The second kappa shape index (κ2) is 6.95. The summed E-state index contributed by atoms with van der Waals surface area (Å²) < 4.78 is 27.1. The van der Waals surface area contributed by atoms with Crippen molar-refractivity contribution in [1.82, 2.24) is 0 Å². The Kier molecular flexibility index (Phi) is 5.01. The fourth-order valence-corrected chi connectivity index (χ4v) is 2.05. The second-order valence-corrected chi connectivity index (χ2v) is 4.77. The van der Waals surface area contributed by atoms with Crippen molar-refractivity contribution in [3.63, 3.8) is 0 Å². The largest absolute Gasteiger partial charge is 0.548 e. The van der Waals surface area contributed by atoms with Crippen molar-refractivity contribution in [2.75, 3.05) is 0 Å². The van der Waals surface area contributed by atoms with Gasteiger partial charge in [-0.25, -0.2) is 8.78 Å². The number of carbonyl (C=O) groups excluding carboxylic acids is 1. The van der Waals surface area contributed by atoms with Crippen LogP contribution in [-0.4, -0.2) is 12.0 Å². The number of halogens is 2. The molecule has 0 radical (unpaired) electrons. The fraction of sp³-hybridized carbons (Fsp3) is 0.118. The molecule has 22 heavy (non-hydrogen) atoms. The van der Waals surface area contributed by atoms with Crippen LogP contribution in [0.25, 0.3) is 5.57 Å². The average Bonchev–Trinajstić information content (AvgIpc) is 2.50. The maximum absolute atomic E-state index is 14.0. The zero-order valence-electron chi connectivity index (χ0n) is 11.6. The molecule has 0 aliphatic carbocycles. The molecule has 0 amide bonds. The van der Waals surface area contributed by atoms with Crippen LogP contribution in [0.2, 0.25) is 0 Å². The van der Waals surface area contributed by atoms with Gasteiger partial charge in [0.15, 0.2) is 0 Å². The third-order valence-electron chi connectivity index (χ3n) is 3.18. The third-order valence-corrected chi connectivity index (χ3v) is 3.18. The van der Waals surface area contributed by atoms with Crippen molar-refractivity contribution in [2.24, 2.45) is 5.73 Å². The van der Waals surface area contributed by atoms with Crippen LogP contribution in [0.3, 0.4) is 0 Å². The lowest BCUT2D eigenvalue weighted by Gasteiger charge is -2.13. The van der Waals surface area contributed by atoms with E-state index < -0.39 is 23.6 Å². The van der Waals surface area contributed by atoms with E-state index >= 15 is 0 Å². The van der Waals surface area contributed by atoms with Crippen molar-refractivity contribution in [1.29, 1.82) is 0 Å². The van der Waals surface area contributed by atoms with E-state index in [-0.39, 0.29) is 12.0 Å². The summed E-state index contributed by atoms with van der Waals surface area (Å²) in [6, 6.07) is 10.9. The van der Waals surface area contributed by atoms with Crippen molar-refractivity contribution in [3.05, 3.63) is 77.4 Å². The molecular formula is C17H14F2NO2-. The fourth-order valence-electron chi connectivity index (χ4n) is 2.05. The summed E-state index contributed by atoms with van der Waals surface area (Å²) in [5.74, 6) is -2.79. The molecule has 5 heteroatoms. The molecule has 0 aliphatic rings. The molecule has 3 nitrogen and oxygen atoms in total. The summed E-state index contributed by atoms with van der Waals surface area (Å²) in [6.45, 7) is 0. The lowest BCUT2D eigenvalue weighted by Crippen LogP contribution is -2.41. The molecule has 2 aromatic carbocycles. The molecule has 1 atom stereocenters. The highest BCUT2D eigenvalue weighted by atomic mass is 19.1. The van der Waals surface area contributed by atoms with E-state index in [0.29, 0.717) is 11.1 Å². The van der Waals surface area contributed by atoms with Crippen LogP contribution < -0.4 is 10.8 Å². The smallest absolute Gasteiger partial charge is 0.133 e. The van der Waals surface area contributed by atoms with E-state index in [9.17, 15) is 18.7 Å². The van der Waals surface area contributed by atoms with E-state index in [0.717, 1.165) is 12.1 Å². The van der Waals surface area contributed by atoms with Gasteiger partial charge in [-0.3, -0.25) is 0 Å². The van der Waals surface area contributed by atoms with Crippen molar-refractivity contribution >= 4 is 11.5 Å². The summed E-state index contributed by atoms with van der Waals surface area (Å²) in [6.07, 6.45) is 1.50. The molecule has 0 saturated heterocycles. The Balaban J connectivity index is 2.46. The molecule has 0 aromatic heterocycles. The highest BCUT2D eigenvalue weighted by Gasteiger charge is 2.12. The van der Waals surface area contributed by atoms with Crippen LogP contribution in [0.1, 0.15) is 17.5 Å². The van der Waals surface area contributed by atoms with Crippen LogP contribution >= 0.6 is 0 Å². The number of benzene rings is 2. The molecule has 0 bridgehead atoms. The van der Waals surface area contributed by atoms with E-state index in [1.54, 1.807) is 30.3 Å². The minimum atomic E-state index is -1.39. The molecule has 2 N–H and O–H groups in total. The summed E-state index contributed by atoms with van der Waals surface area (Å²) in [7, 11) is 0. The highest BCUT2D eigenvalue weighted by Crippen LogP contribution is 2.26. The van der Waals surface area contributed by atoms with Gasteiger partial charge in [0.05, 0.1) is 5.97 Å². The van der Waals surface area contributed by atoms with E-state index in [4.69, 9.17) is 5.73 Å². The standard InChI is InChI=1S/C17H15F2NO2/c18-12-6-7-14(15(19)10-12)13(8-9-16(20)17(21)22)11-4-2-1-3-5-11/h1-8,10,16H,9,20H2,(H,21,22)/p-1/b13-8+. The SMILES string of the molecule is NC(C/C=C(\c1ccccc1)c1ccc(F)cc1F)C(=O)[O-]. The monoisotopic (exact) mass is 302 g/mol. The zero-order valence-corrected chi connectivity index (χ0v) is 11.6. The lowest BCUT2D eigenvalue weighted by molar-refractivity contribution is -0.307. The van der Waals surface area contributed by atoms with E-state index in [2.05, 4.69) is 0 Å². The molecule has 2 rings (SSSR count). The lowest BCUT2D eigenvalue weighted by atomic mass is 9.95. The first kappa shape index (κ1) is 15.9. The maximum Gasteiger partial charge on any atom is 0.133 e. The van der Waals surface area contributed by atoms with Gasteiger partial charge in [0.25, 0.3) is 0 Å². The molecular weight excluding hydrogens is 288 g/mol. The van der Waals surface area contributed by atoms with Crippen LogP contribution in [0, 0.1) is 11.6 Å². The Morgan fingerprint density at radius 1 is 1.18 bits per heavy atom. The number of rotatable bonds is 5. The van der Waals surface area contributed by atoms with Gasteiger partial charge in [-0.1, -0.05) is 36.4 Å². The Hall–Kier alpha value is -2.53. The van der Waals surface area contributed by atoms with Gasteiger partial charge in [-0.2, -0.15) is 0 Å². The first-order chi connectivity index (χ1) is 10.5. The number of carboxylic acids is 1. The summed E-state index contributed by atoms with van der Waals surface area (Å²) in [5.41, 5.74) is 6.73. The summed E-state index contributed by atoms with van der Waals surface area (Å²) >= 11 is 0. The Morgan fingerprint density at radius 3 is 2.45 bits per heavy atom. The van der Waals surface area contributed by atoms with Crippen molar-refractivity contribution in [2.45, 2.75) is 12.5 Å². The Morgan fingerprint density at radius 2 is 1.86 bits per heavy atom. The predicted octanol–water partition coefficient (Wildman–Crippen LogP) is 1.86. The maximum atomic E-state index is 14.0. The molecule has 1 unspecified atom stereocenters. The van der Waals surface area contributed by atoms with E-state index in [1.165, 1.54) is 12.1 Å². The predicted molar refractivity (Wildman–Crippen MR) is 77.5 cm³/mol. The quantitative estimate of drug-likeness (QED) is 0.917. The van der Waals surface area contributed by atoms with Crippen LogP contribution in [0.4, 0.5) is 8.78 Å². The van der Waals surface area contributed by atoms with Gasteiger partial charge >= 0.3 is 0 Å². The minimum Gasteiger partial charge on any atom is -0.548 e. The summed E-state index contributed by atoms with van der Waals surface area (Å²) in [5, 5.41) is 10.7. The van der Waals surface area contributed by atoms with Crippen molar-refractivity contribution in [3.8, 4) is 0 Å². The number of hydrogen-bond donors (Lipinski definition) is 1. The van der Waals surface area contributed by atoms with Crippen molar-refractivity contribution < 1.29 is 18.7 Å². The number of carboxylic acid groups (broad SMARTS) is 1. The number of carbonyl (C=O) groups is 1. The molecule has 2 aromatic rings. The number of aliphatic carboxylic acids is 1. The molecule has 0 heterocycles. The first-order valence-corrected chi connectivity index (χ1v) is 6.66. The van der Waals surface area contributed by atoms with Gasteiger partial charge in [0.2, 0.25) is 0 Å². The topological polar surface area (TPSA) is 66.2 Å². The normalized spacial score (nSPS) is 13.0. The van der Waals surface area contributed by atoms with Crippen LogP contribution in [0.5, 0.6) is 0 Å². The first-order valence-electron chi connectivity index (χ1n) is 6.66. The van der Waals surface area contributed by atoms with Crippen LogP contribution in [-0.2, 0) is 4.79 Å². The van der Waals surface area contributed by atoms with Gasteiger partial charge in [0.1, 0.15) is 11.6 Å². The van der Waals surface area contributed by atoms with Gasteiger partial charge in [-0.05, 0) is 29.7 Å². The molecule has 114 valence electrons. The van der Waals surface area contributed by atoms with Gasteiger partial charge in [0, 0.05) is 17.7 Å². The van der Waals surface area contributed by atoms with Gasteiger partial charge < -0.3 is 15.6 Å². The molecule has 0 spiro atoms. The molecule has 0 saturated carbocycles. The second-order valence-electron chi connectivity index (χ2n) is 4.77. The third kappa shape index (κ3) is 3.77. The molecule has 0 fully saturated rings.